The van der Waals surface area contributed by atoms with Gasteiger partial charge in [-0.1, -0.05) is 0 Å². The minimum absolute atomic E-state index is 0.184. The normalized spacial score (nSPS) is 13.1. The SMILES string of the molecule is Cc1nn(C)c(C)c1S(=O)(=O)NCC(C)(C)N. The van der Waals surface area contributed by atoms with Crippen LogP contribution in [0.5, 0.6) is 0 Å². The molecule has 3 N–H and O–H groups in total. The van der Waals surface area contributed by atoms with Crippen LogP contribution in [-0.4, -0.2) is 30.3 Å². The lowest BCUT2D eigenvalue weighted by Gasteiger charge is -2.19. The fourth-order valence-corrected chi connectivity index (χ4v) is 3.15. The molecule has 0 saturated carbocycles. The summed E-state index contributed by atoms with van der Waals surface area (Å²) in [5.41, 5.74) is 6.28. The van der Waals surface area contributed by atoms with Gasteiger partial charge in [-0.25, -0.2) is 13.1 Å². The molecular formula is C10H20N4O2S. The van der Waals surface area contributed by atoms with Crippen molar-refractivity contribution >= 4 is 10.0 Å². The van der Waals surface area contributed by atoms with Crippen molar-refractivity contribution in [1.29, 1.82) is 0 Å². The zero-order chi connectivity index (χ0) is 13.4. The monoisotopic (exact) mass is 260 g/mol. The second kappa shape index (κ2) is 4.40. The van der Waals surface area contributed by atoms with Crippen LogP contribution in [0.15, 0.2) is 4.90 Å². The molecule has 98 valence electrons. The van der Waals surface area contributed by atoms with E-state index in [-0.39, 0.29) is 11.4 Å². The Bertz CT molecular complexity index is 511. The Hall–Kier alpha value is -0.920. The third-order valence-corrected chi connectivity index (χ3v) is 4.08. The Morgan fingerprint density at radius 1 is 1.41 bits per heavy atom. The molecule has 17 heavy (non-hydrogen) atoms. The number of aryl methyl sites for hydroxylation is 2. The maximum atomic E-state index is 12.1. The molecule has 0 unspecified atom stereocenters. The zero-order valence-corrected chi connectivity index (χ0v) is 11.7. The van der Waals surface area contributed by atoms with Gasteiger partial charge in [-0.2, -0.15) is 5.10 Å². The summed E-state index contributed by atoms with van der Waals surface area (Å²) in [4.78, 5) is 0.240. The Balaban J connectivity index is 3.06. The molecule has 0 spiro atoms. The van der Waals surface area contributed by atoms with Gasteiger partial charge in [0.15, 0.2) is 0 Å². The van der Waals surface area contributed by atoms with Crippen LogP contribution in [0.2, 0.25) is 0 Å². The van der Waals surface area contributed by atoms with Crippen LogP contribution in [0.25, 0.3) is 0 Å². The molecule has 7 heteroatoms. The van der Waals surface area contributed by atoms with E-state index in [1.165, 1.54) is 0 Å². The van der Waals surface area contributed by atoms with Gasteiger partial charge in [0, 0.05) is 19.1 Å². The number of hydrogen-bond acceptors (Lipinski definition) is 4. The first-order valence-electron chi connectivity index (χ1n) is 5.33. The van der Waals surface area contributed by atoms with E-state index in [0.29, 0.717) is 11.4 Å². The molecule has 0 atom stereocenters. The summed E-state index contributed by atoms with van der Waals surface area (Å²) in [6.07, 6.45) is 0. The van der Waals surface area contributed by atoms with E-state index in [1.807, 2.05) is 0 Å². The summed E-state index contributed by atoms with van der Waals surface area (Å²) in [5.74, 6) is 0. The van der Waals surface area contributed by atoms with Gasteiger partial charge in [0.25, 0.3) is 0 Å². The van der Waals surface area contributed by atoms with Crippen LogP contribution in [0.4, 0.5) is 0 Å². The average molecular weight is 260 g/mol. The molecular weight excluding hydrogens is 240 g/mol. The highest BCUT2D eigenvalue weighted by Crippen LogP contribution is 2.18. The van der Waals surface area contributed by atoms with E-state index in [2.05, 4.69) is 9.82 Å². The molecule has 1 rings (SSSR count). The van der Waals surface area contributed by atoms with Gasteiger partial charge in [0.1, 0.15) is 4.90 Å². The fraction of sp³-hybridized carbons (Fsp3) is 0.700. The molecule has 0 saturated heterocycles. The highest BCUT2D eigenvalue weighted by atomic mass is 32.2. The van der Waals surface area contributed by atoms with Crippen LogP contribution in [0.3, 0.4) is 0 Å². The van der Waals surface area contributed by atoms with E-state index in [9.17, 15) is 8.42 Å². The maximum Gasteiger partial charge on any atom is 0.244 e. The van der Waals surface area contributed by atoms with Crippen molar-refractivity contribution in [2.24, 2.45) is 12.8 Å². The third-order valence-electron chi connectivity index (χ3n) is 2.43. The molecule has 0 fully saturated rings. The van der Waals surface area contributed by atoms with Gasteiger partial charge >= 0.3 is 0 Å². The summed E-state index contributed by atoms with van der Waals surface area (Å²) in [6.45, 7) is 7.11. The van der Waals surface area contributed by atoms with Crippen molar-refractivity contribution in [2.75, 3.05) is 6.54 Å². The summed E-state index contributed by atoms with van der Waals surface area (Å²) >= 11 is 0. The predicted octanol–water partition coefficient (Wildman–Crippen LogP) is 0.0525. The quantitative estimate of drug-likeness (QED) is 0.800. The molecule has 0 aliphatic heterocycles. The van der Waals surface area contributed by atoms with Gasteiger partial charge in [0.05, 0.1) is 11.4 Å². The first kappa shape index (κ1) is 14.1. The van der Waals surface area contributed by atoms with Crippen LogP contribution < -0.4 is 10.5 Å². The Labute approximate surface area is 102 Å². The minimum Gasteiger partial charge on any atom is -0.324 e. The molecule has 0 aliphatic rings. The summed E-state index contributed by atoms with van der Waals surface area (Å²) < 4.78 is 28.3. The number of nitrogens with two attached hydrogens (primary N) is 1. The topological polar surface area (TPSA) is 90.0 Å². The minimum atomic E-state index is -3.55. The van der Waals surface area contributed by atoms with Gasteiger partial charge in [-0.15, -0.1) is 0 Å². The lowest BCUT2D eigenvalue weighted by atomic mass is 10.1. The smallest absolute Gasteiger partial charge is 0.244 e. The number of nitrogens with zero attached hydrogens (tertiary/aromatic N) is 2. The van der Waals surface area contributed by atoms with Crippen LogP contribution in [0, 0.1) is 13.8 Å². The molecule has 6 nitrogen and oxygen atoms in total. The molecule has 1 aromatic heterocycles. The highest BCUT2D eigenvalue weighted by Gasteiger charge is 2.25. The largest absolute Gasteiger partial charge is 0.324 e. The highest BCUT2D eigenvalue weighted by molar-refractivity contribution is 7.89. The first-order chi connectivity index (χ1) is 7.54. The third kappa shape index (κ3) is 3.27. The zero-order valence-electron chi connectivity index (χ0n) is 10.9. The van der Waals surface area contributed by atoms with Crippen LogP contribution in [-0.2, 0) is 17.1 Å². The van der Waals surface area contributed by atoms with Crippen molar-refractivity contribution in [3.05, 3.63) is 11.4 Å². The molecule has 0 amide bonds. The molecule has 0 bridgehead atoms. The lowest BCUT2D eigenvalue weighted by Crippen LogP contribution is -2.45. The van der Waals surface area contributed by atoms with E-state index in [4.69, 9.17) is 5.73 Å². The second-order valence-electron chi connectivity index (χ2n) is 4.94. The number of rotatable bonds is 4. The molecule has 1 aromatic rings. The first-order valence-corrected chi connectivity index (χ1v) is 6.81. The Morgan fingerprint density at radius 2 is 1.94 bits per heavy atom. The van der Waals surface area contributed by atoms with Gasteiger partial charge in [0.2, 0.25) is 10.0 Å². The number of hydrogen-bond donors (Lipinski definition) is 2. The van der Waals surface area contributed by atoms with E-state index >= 15 is 0 Å². The van der Waals surface area contributed by atoms with Gasteiger partial charge in [-0.3, -0.25) is 4.68 Å². The summed E-state index contributed by atoms with van der Waals surface area (Å²) in [6, 6.07) is 0. The second-order valence-corrected chi connectivity index (χ2v) is 6.64. The van der Waals surface area contributed by atoms with Crippen LogP contribution in [0.1, 0.15) is 25.2 Å². The van der Waals surface area contributed by atoms with Crippen molar-refractivity contribution in [3.63, 3.8) is 0 Å². The van der Waals surface area contributed by atoms with Gasteiger partial charge in [-0.05, 0) is 27.7 Å². The standard InChI is InChI=1S/C10H20N4O2S/c1-7-9(8(2)14(5)13-7)17(15,16)12-6-10(3,4)11/h12H,6,11H2,1-5H3. The van der Waals surface area contributed by atoms with Crippen LogP contribution >= 0.6 is 0 Å². The Kier molecular flexibility index (Phi) is 3.66. The van der Waals surface area contributed by atoms with Crippen molar-refractivity contribution in [2.45, 2.75) is 38.1 Å². The fourth-order valence-electron chi connectivity index (χ4n) is 1.50. The van der Waals surface area contributed by atoms with Crippen molar-refractivity contribution in [3.8, 4) is 0 Å². The molecule has 0 radical (unpaired) electrons. The number of aromatic nitrogens is 2. The Morgan fingerprint density at radius 3 is 2.29 bits per heavy atom. The van der Waals surface area contributed by atoms with Crippen molar-refractivity contribution < 1.29 is 8.42 Å². The van der Waals surface area contributed by atoms with E-state index in [0.717, 1.165) is 0 Å². The van der Waals surface area contributed by atoms with E-state index < -0.39 is 15.6 Å². The van der Waals surface area contributed by atoms with Crippen molar-refractivity contribution in [1.82, 2.24) is 14.5 Å². The van der Waals surface area contributed by atoms with E-state index in [1.54, 1.807) is 39.4 Å². The average Bonchev–Trinajstić information content (AvgIpc) is 2.37. The predicted molar refractivity (Wildman–Crippen MR) is 66.1 cm³/mol. The number of sulfonamides is 1. The molecule has 0 aromatic carbocycles. The maximum absolute atomic E-state index is 12.1. The molecule has 0 aliphatic carbocycles. The summed E-state index contributed by atoms with van der Waals surface area (Å²) in [7, 11) is -1.83. The number of nitrogens with one attached hydrogen (secondary N) is 1. The molecule has 1 heterocycles. The summed E-state index contributed by atoms with van der Waals surface area (Å²) in [5, 5.41) is 4.09. The lowest BCUT2D eigenvalue weighted by molar-refractivity contribution is 0.497. The van der Waals surface area contributed by atoms with Gasteiger partial charge < -0.3 is 5.73 Å².